The summed E-state index contributed by atoms with van der Waals surface area (Å²) >= 11 is 0. The number of ether oxygens (including phenoxy) is 1. The van der Waals surface area contributed by atoms with Gasteiger partial charge in [0, 0.05) is 23.5 Å². The third-order valence-corrected chi connectivity index (χ3v) is 4.45. The first-order chi connectivity index (χ1) is 13.2. The zero-order chi connectivity index (χ0) is 20.5. The van der Waals surface area contributed by atoms with Crippen LogP contribution in [0.2, 0.25) is 0 Å². The Labute approximate surface area is 159 Å². The van der Waals surface area contributed by atoms with Crippen LogP contribution in [-0.2, 0) is 6.18 Å². The highest BCUT2D eigenvalue weighted by Crippen LogP contribution is 2.37. The lowest BCUT2D eigenvalue weighted by Gasteiger charge is -2.15. The minimum Gasteiger partial charge on any atom is -0.496 e. The van der Waals surface area contributed by atoms with Crippen LogP contribution in [0.25, 0.3) is 11.3 Å². The molecule has 1 aromatic carbocycles. The Morgan fingerprint density at radius 2 is 1.82 bits per heavy atom. The molecule has 2 heterocycles. The number of nitrogens with zero attached hydrogens (tertiary/aromatic N) is 3. The Morgan fingerprint density at radius 3 is 2.43 bits per heavy atom. The number of carbonyl (C=O) groups excluding carboxylic acids is 1. The molecule has 0 aliphatic carbocycles. The van der Waals surface area contributed by atoms with Gasteiger partial charge in [-0.25, -0.2) is 0 Å². The summed E-state index contributed by atoms with van der Waals surface area (Å²) in [4.78, 5) is 16.6. The topological polar surface area (TPSA) is 65.0 Å². The molecule has 0 saturated carbocycles. The van der Waals surface area contributed by atoms with E-state index in [0.717, 1.165) is 12.1 Å². The molecule has 144 valence electrons. The largest absolute Gasteiger partial charge is 0.496 e. The number of alkyl halides is 3. The molecule has 0 N–H and O–H groups in total. The van der Waals surface area contributed by atoms with Gasteiger partial charge in [0.05, 0.1) is 18.4 Å². The highest BCUT2D eigenvalue weighted by atomic mass is 19.4. The molecule has 2 aromatic heterocycles. The van der Waals surface area contributed by atoms with Crippen molar-refractivity contribution >= 4 is 5.78 Å². The predicted molar refractivity (Wildman–Crippen MR) is 96.2 cm³/mol. The van der Waals surface area contributed by atoms with Crippen molar-refractivity contribution in [3.63, 3.8) is 0 Å². The van der Waals surface area contributed by atoms with Crippen molar-refractivity contribution in [2.75, 3.05) is 7.11 Å². The van der Waals surface area contributed by atoms with Crippen LogP contribution in [0.5, 0.6) is 5.75 Å². The molecule has 3 aromatic rings. The van der Waals surface area contributed by atoms with E-state index in [2.05, 4.69) is 15.2 Å². The molecule has 5 nitrogen and oxygen atoms in total. The van der Waals surface area contributed by atoms with Crippen LogP contribution in [-0.4, -0.2) is 28.1 Å². The first-order valence-electron chi connectivity index (χ1n) is 8.28. The monoisotopic (exact) mass is 387 g/mol. The lowest BCUT2D eigenvalue weighted by atomic mass is 9.98. The standard InChI is InChI=1S/C20H16F3N3O2/c1-11-12(2)18(19(27)13-5-4-8-24-10-13)26-25-17(11)15-7-6-14(20(21,22)23)9-16(15)28-3/h4-10H,1-3H3. The number of benzene rings is 1. The highest BCUT2D eigenvalue weighted by molar-refractivity contribution is 6.08. The third-order valence-electron chi connectivity index (χ3n) is 4.45. The minimum absolute atomic E-state index is 0.0259. The average molecular weight is 387 g/mol. The SMILES string of the molecule is COc1cc(C(F)(F)F)ccc1-c1nnc(C(=O)c2cccnc2)c(C)c1C. The molecule has 0 atom stereocenters. The fourth-order valence-electron chi connectivity index (χ4n) is 2.77. The highest BCUT2D eigenvalue weighted by Gasteiger charge is 2.31. The number of pyridine rings is 1. The molecule has 0 spiro atoms. The van der Waals surface area contributed by atoms with Gasteiger partial charge >= 0.3 is 6.18 Å². The summed E-state index contributed by atoms with van der Waals surface area (Å²) in [7, 11) is 1.29. The van der Waals surface area contributed by atoms with Crippen LogP contribution in [0.3, 0.4) is 0 Å². The second-order valence-corrected chi connectivity index (χ2v) is 6.13. The van der Waals surface area contributed by atoms with Crippen LogP contribution >= 0.6 is 0 Å². The van der Waals surface area contributed by atoms with E-state index in [1.165, 1.54) is 19.4 Å². The summed E-state index contributed by atoms with van der Waals surface area (Å²) in [5.41, 5.74) is 1.65. The van der Waals surface area contributed by atoms with Crippen molar-refractivity contribution in [3.8, 4) is 17.0 Å². The predicted octanol–water partition coefficient (Wildman–Crippen LogP) is 4.41. The quantitative estimate of drug-likeness (QED) is 0.621. The summed E-state index contributed by atoms with van der Waals surface area (Å²) < 4.78 is 44.0. The first kappa shape index (κ1) is 19.5. The Kier molecular flexibility index (Phi) is 5.13. The number of hydrogen-bond donors (Lipinski definition) is 0. The molecule has 0 radical (unpaired) electrons. The Morgan fingerprint density at radius 1 is 1.07 bits per heavy atom. The van der Waals surface area contributed by atoms with E-state index >= 15 is 0 Å². The van der Waals surface area contributed by atoms with Gasteiger partial charge < -0.3 is 4.74 Å². The van der Waals surface area contributed by atoms with Crippen LogP contribution in [0, 0.1) is 13.8 Å². The smallest absolute Gasteiger partial charge is 0.416 e. The van der Waals surface area contributed by atoms with Crippen LogP contribution in [0.1, 0.15) is 32.7 Å². The van der Waals surface area contributed by atoms with Crippen LogP contribution < -0.4 is 4.74 Å². The minimum atomic E-state index is -4.48. The van der Waals surface area contributed by atoms with E-state index in [0.29, 0.717) is 27.9 Å². The molecule has 0 aliphatic rings. The van der Waals surface area contributed by atoms with Gasteiger partial charge in [0.25, 0.3) is 0 Å². The van der Waals surface area contributed by atoms with Gasteiger partial charge in [-0.15, -0.1) is 10.2 Å². The molecule has 0 bridgehead atoms. The average Bonchev–Trinajstić information content (AvgIpc) is 2.69. The van der Waals surface area contributed by atoms with Crippen LogP contribution in [0.4, 0.5) is 13.2 Å². The summed E-state index contributed by atoms with van der Waals surface area (Å²) in [6, 6.07) is 6.44. The van der Waals surface area contributed by atoms with Crippen molar-refractivity contribution in [2.24, 2.45) is 0 Å². The number of methoxy groups -OCH3 is 1. The number of halogens is 3. The van der Waals surface area contributed by atoms with E-state index in [1.807, 2.05) is 0 Å². The maximum atomic E-state index is 13.0. The Hall–Kier alpha value is -3.29. The fourth-order valence-corrected chi connectivity index (χ4v) is 2.77. The molecule has 0 amide bonds. The van der Waals surface area contributed by atoms with Crippen molar-refractivity contribution in [1.82, 2.24) is 15.2 Å². The van der Waals surface area contributed by atoms with E-state index in [9.17, 15) is 18.0 Å². The number of rotatable bonds is 4. The van der Waals surface area contributed by atoms with Crippen molar-refractivity contribution in [2.45, 2.75) is 20.0 Å². The van der Waals surface area contributed by atoms with Gasteiger partial charge in [-0.05, 0) is 55.3 Å². The first-order valence-corrected chi connectivity index (χ1v) is 8.28. The summed E-state index contributed by atoms with van der Waals surface area (Å²) in [5.74, 6) is -0.301. The van der Waals surface area contributed by atoms with Gasteiger partial charge in [-0.3, -0.25) is 9.78 Å². The number of aromatic nitrogens is 3. The van der Waals surface area contributed by atoms with E-state index in [4.69, 9.17) is 4.74 Å². The van der Waals surface area contributed by atoms with Crippen molar-refractivity contribution in [3.05, 3.63) is 70.7 Å². The van der Waals surface area contributed by atoms with Crippen molar-refractivity contribution < 1.29 is 22.7 Å². The van der Waals surface area contributed by atoms with Gasteiger partial charge in [0.2, 0.25) is 5.78 Å². The molecule has 8 heteroatoms. The second-order valence-electron chi connectivity index (χ2n) is 6.13. The molecule has 0 aliphatic heterocycles. The van der Waals surface area contributed by atoms with Gasteiger partial charge in [0.15, 0.2) is 0 Å². The molecule has 0 saturated heterocycles. The third kappa shape index (κ3) is 3.58. The maximum absolute atomic E-state index is 13.0. The zero-order valence-electron chi connectivity index (χ0n) is 15.3. The van der Waals surface area contributed by atoms with Crippen LogP contribution in [0.15, 0.2) is 42.7 Å². The van der Waals surface area contributed by atoms with Gasteiger partial charge in [0.1, 0.15) is 11.4 Å². The van der Waals surface area contributed by atoms with E-state index in [-0.39, 0.29) is 17.2 Å². The number of hydrogen-bond acceptors (Lipinski definition) is 5. The van der Waals surface area contributed by atoms with Gasteiger partial charge in [-0.1, -0.05) is 0 Å². The Bertz CT molecular complexity index is 1030. The second kappa shape index (κ2) is 7.38. The summed E-state index contributed by atoms with van der Waals surface area (Å²) in [6.45, 7) is 3.45. The van der Waals surface area contributed by atoms with Gasteiger partial charge in [-0.2, -0.15) is 13.2 Å². The maximum Gasteiger partial charge on any atom is 0.416 e. The fraction of sp³-hybridized carbons (Fsp3) is 0.200. The molecule has 28 heavy (non-hydrogen) atoms. The molecule has 0 fully saturated rings. The molecule has 0 unspecified atom stereocenters. The summed E-state index contributed by atoms with van der Waals surface area (Å²) in [6.07, 6.45) is -1.49. The molecule has 3 rings (SSSR count). The lowest BCUT2D eigenvalue weighted by Crippen LogP contribution is -2.11. The lowest BCUT2D eigenvalue weighted by molar-refractivity contribution is -0.137. The number of carbonyl (C=O) groups is 1. The van der Waals surface area contributed by atoms with Crippen molar-refractivity contribution in [1.29, 1.82) is 0 Å². The van der Waals surface area contributed by atoms with E-state index in [1.54, 1.807) is 32.2 Å². The van der Waals surface area contributed by atoms with E-state index < -0.39 is 11.7 Å². The normalized spacial score (nSPS) is 11.4. The number of ketones is 1. The zero-order valence-corrected chi connectivity index (χ0v) is 15.3. The molecular weight excluding hydrogens is 371 g/mol. The summed E-state index contributed by atoms with van der Waals surface area (Å²) in [5, 5.41) is 8.14. The molecular formula is C20H16F3N3O2. The Balaban J connectivity index is 2.08.